The highest BCUT2D eigenvalue weighted by atomic mass is 28.3. The highest BCUT2D eigenvalue weighted by Crippen LogP contribution is 2.47. The van der Waals surface area contributed by atoms with Crippen LogP contribution >= 0.6 is 0 Å². The molecule has 1 aromatic rings. The van der Waals surface area contributed by atoms with Gasteiger partial charge in [-0.2, -0.15) is 0 Å². The van der Waals surface area contributed by atoms with Crippen molar-refractivity contribution in [2.45, 2.75) is 72.4 Å². The molecule has 1 heterocycles. The minimum absolute atomic E-state index is 0.0539. The van der Waals surface area contributed by atoms with Crippen LogP contribution in [0.3, 0.4) is 0 Å². The quantitative estimate of drug-likeness (QED) is 0.649. The Morgan fingerprint density at radius 1 is 1.30 bits per heavy atom. The van der Waals surface area contributed by atoms with Crippen molar-refractivity contribution in [2.24, 2.45) is 5.41 Å². The number of carboxylic acid groups (broad SMARTS) is 1. The van der Waals surface area contributed by atoms with Gasteiger partial charge in [-0.1, -0.05) is 27.2 Å². The summed E-state index contributed by atoms with van der Waals surface area (Å²) in [5, 5.41) is 9.71. The van der Waals surface area contributed by atoms with Gasteiger partial charge in [-0.15, -0.1) is 0 Å². The molecule has 0 spiro atoms. The molecule has 1 aromatic heterocycles. The Kier molecular flexibility index (Phi) is 5.19. The maximum absolute atomic E-state index is 11.8. The second-order valence-corrected chi connectivity index (χ2v) is 9.76. The summed E-state index contributed by atoms with van der Waals surface area (Å²) in [4.78, 5) is 16.5. The van der Waals surface area contributed by atoms with Crippen molar-refractivity contribution < 1.29 is 14.3 Å². The molecule has 1 N–H and O–H groups in total. The van der Waals surface area contributed by atoms with Crippen LogP contribution in [-0.2, 0) is 6.42 Å². The molecule has 0 saturated carbocycles. The van der Waals surface area contributed by atoms with Crippen molar-refractivity contribution in [2.75, 3.05) is 0 Å². The van der Waals surface area contributed by atoms with Crippen LogP contribution in [0.1, 0.15) is 73.3 Å². The van der Waals surface area contributed by atoms with E-state index in [0.29, 0.717) is 11.4 Å². The number of aryl methyl sites for hydroxylation is 2. The predicted octanol–water partition coefficient (Wildman–Crippen LogP) is 4.57. The number of fused-ring (bicyclic) bond motifs is 1. The van der Waals surface area contributed by atoms with Gasteiger partial charge in [0.15, 0.2) is 0 Å². The van der Waals surface area contributed by atoms with E-state index in [1.54, 1.807) is 6.92 Å². The van der Waals surface area contributed by atoms with Crippen molar-refractivity contribution in [3.63, 3.8) is 0 Å². The zero-order valence-corrected chi connectivity index (χ0v) is 16.1. The molecule has 0 bridgehead atoms. The molecule has 1 radical (unpaired) electrons. The molecule has 1 aliphatic carbocycles. The lowest BCUT2D eigenvalue weighted by Gasteiger charge is -2.33. The Bertz CT molecular complexity index is 605. The smallest absolute Gasteiger partial charge is 0.341 e. The molecular weight excluding hydrogens is 306 g/mol. The summed E-state index contributed by atoms with van der Waals surface area (Å²) >= 11 is 0. The van der Waals surface area contributed by atoms with Gasteiger partial charge >= 0.3 is 5.97 Å². The van der Waals surface area contributed by atoms with E-state index in [1.807, 2.05) is 13.1 Å². The van der Waals surface area contributed by atoms with Gasteiger partial charge in [0.2, 0.25) is 0 Å². The first-order chi connectivity index (χ1) is 10.6. The normalized spacial score (nSPS) is 18.5. The van der Waals surface area contributed by atoms with Crippen LogP contribution in [0, 0.1) is 12.3 Å². The van der Waals surface area contributed by atoms with Gasteiger partial charge in [0.25, 0.3) is 9.04 Å². The summed E-state index contributed by atoms with van der Waals surface area (Å²) in [6.07, 6.45) is 4.23. The lowest BCUT2D eigenvalue weighted by molar-refractivity contribution is 0.0693. The Morgan fingerprint density at radius 2 is 1.96 bits per heavy atom. The Balaban J connectivity index is 2.78. The van der Waals surface area contributed by atoms with E-state index in [0.717, 1.165) is 36.9 Å². The Morgan fingerprint density at radius 3 is 2.48 bits per heavy atom. The van der Waals surface area contributed by atoms with Gasteiger partial charge in [0.1, 0.15) is 11.3 Å². The summed E-state index contributed by atoms with van der Waals surface area (Å²) in [5.74, 6) is -0.0591. The van der Waals surface area contributed by atoms with Gasteiger partial charge in [-0.25, -0.2) is 4.79 Å². The van der Waals surface area contributed by atoms with E-state index in [9.17, 15) is 9.90 Å². The SMILES string of the molecule is Cc1nc2c(c(O[Si](C)C)c1C(=O)O)C(C(C)(C)C)CCCC2. The number of aromatic carboxylic acids is 1. The molecule has 5 heteroatoms. The van der Waals surface area contributed by atoms with Crippen LogP contribution in [0.4, 0.5) is 0 Å². The standard InChI is InChI=1S/C18H28NO3Si/c1-11-14(17(20)21)16(22-23(5)6)15-12(18(2,3)4)9-7-8-10-13(15)19-11/h12H,7-10H2,1-6H3,(H,20,21). The van der Waals surface area contributed by atoms with Crippen molar-refractivity contribution >= 4 is 15.0 Å². The third kappa shape index (κ3) is 3.76. The Labute approximate surface area is 141 Å². The van der Waals surface area contributed by atoms with Crippen molar-refractivity contribution in [1.82, 2.24) is 4.98 Å². The van der Waals surface area contributed by atoms with Gasteiger partial charge in [0.05, 0.1) is 5.69 Å². The number of hydrogen-bond acceptors (Lipinski definition) is 3. The molecule has 2 rings (SSSR count). The molecule has 4 nitrogen and oxygen atoms in total. The summed E-state index contributed by atoms with van der Waals surface area (Å²) < 4.78 is 6.15. The van der Waals surface area contributed by atoms with Crippen molar-refractivity contribution in [3.8, 4) is 5.75 Å². The molecule has 1 unspecified atom stereocenters. The number of carbonyl (C=O) groups is 1. The average Bonchev–Trinajstić information content (AvgIpc) is 2.58. The number of aromatic nitrogens is 1. The lowest BCUT2D eigenvalue weighted by Crippen LogP contribution is -2.24. The van der Waals surface area contributed by atoms with E-state index in [2.05, 4.69) is 25.8 Å². The highest BCUT2D eigenvalue weighted by molar-refractivity contribution is 6.49. The average molecular weight is 335 g/mol. The highest BCUT2D eigenvalue weighted by Gasteiger charge is 2.35. The molecular formula is C18H28NO3Si. The number of rotatable bonds is 3. The number of nitrogens with zero attached hydrogens (tertiary/aromatic N) is 1. The molecule has 0 fully saturated rings. The molecule has 0 amide bonds. The first-order valence-corrected chi connectivity index (χ1v) is 10.8. The second-order valence-electron chi connectivity index (χ2n) is 7.74. The van der Waals surface area contributed by atoms with Crippen molar-refractivity contribution in [1.29, 1.82) is 0 Å². The minimum Gasteiger partial charge on any atom is -0.542 e. The third-order valence-electron chi connectivity index (χ3n) is 4.52. The summed E-state index contributed by atoms with van der Waals surface area (Å²) in [5.41, 5.74) is 2.99. The van der Waals surface area contributed by atoms with Crippen LogP contribution in [-0.4, -0.2) is 25.1 Å². The fourth-order valence-electron chi connectivity index (χ4n) is 3.51. The number of pyridine rings is 1. The first-order valence-electron chi connectivity index (χ1n) is 8.37. The minimum atomic E-state index is -1.06. The second kappa shape index (κ2) is 6.63. The monoisotopic (exact) mass is 334 g/mol. The van der Waals surface area contributed by atoms with Crippen LogP contribution < -0.4 is 4.43 Å². The maximum Gasteiger partial charge on any atom is 0.341 e. The molecule has 0 aromatic carbocycles. The molecule has 0 aliphatic heterocycles. The largest absolute Gasteiger partial charge is 0.542 e. The van der Waals surface area contributed by atoms with E-state index in [1.165, 1.54) is 0 Å². The number of carboxylic acids is 1. The first kappa shape index (κ1) is 18.0. The van der Waals surface area contributed by atoms with E-state index in [-0.39, 0.29) is 16.9 Å². The fourth-order valence-corrected chi connectivity index (χ4v) is 4.13. The topological polar surface area (TPSA) is 59.4 Å². The zero-order valence-electron chi connectivity index (χ0n) is 15.1. The fraction of sp³-hybridized carbons (Fsp3) is 0.667. The van der Waals surface area contributed by atoms with Crippen LogP contribution in [0.25, 0.3) is 0 Å². The molecule has 1 atom stereocenters. The van der Waals surface area contributed by atoms with Gasteiger partial charge in [0, 0.05) is 11.3 Å². The lowest BCUT2D eigenvalue weighted by atomic mass is 9.73. The predicted molar refractivity (Wildman–Crippen MR) is 93.8 cm³/mol. The maximum atomic E-state index is 11.8. The van der Waals surface area contributed by atoms with E-state index >= 15 is 0 Å². The molecule has 1 aliphatic rings. The summed E-state index contributed by atoms with van der Waals surface area (Å²) in [6.45, 7) is 12.5. The van der Waals surface area contributed by atoms with Crippen molar-refractivity contribution in [3.05, 3.63) is 22.5 Å². The van der Waals surface area contributed by atoms with Gasteiger partial charge < -0.3 is 9.53 Å². The van der Waals surface area contributed by atoms with Gasteiger partial charge in [-0.3, -0.25) is 4.98 Å². The molecule has 127 valence electrons. The zero-order chi connectivity index (χ0) is 17.4. The summed E-state index contributed by atoms with van der Waals surface area (Å²) in [7, 11) is -1.06. The van der Waals surface area contributed by atoms with Crippen LogP contribution in [0.5, 0.6) is 5.75 Å². The summed E-state index contributed by atoms with van der Waals surface area (Å²) in [6, 6.07) is 0. The van der Waals surface area contributed by atoms with E-state index < -0.39 is 15.0 Å². The van der Waals surface area contributed by atoms with Gasteiger partial charge in [-0.05, 0) is 50.6 Å². The Hall–Kier alpha value is -1.36. The number of hydrogen-bond donors (Lipinski definition) is 1. The van der Waals surface area contributed by atoms with Crippen LogP contribution in [0.2, 0.25) is 13.1 Å². The van der Waals surface area contributed by atoms with Crippen LogP contribution in [0.15, 0.2) is 0 Å². The van der Waals surface area contributed by atoms with E-state index in [4.69, 9.17) is 4.43 Å². The molecule has 23 heavy (non-hydrogen) atoms. The molecule has 0 saturated heterocycles. The third-order valence-corrected chi connectivity index (χ3v) is 5.13.